The molecule has 2 rings (SSSR count). The second-order valence-corrected chi connectivity index (χ2v) is 6.34. The number of hydrogen-bond acceptors (Lipinski definition) is 3. The molecule has 1 N–H and O–H groups in total. The van der Waals surface area contributed by atoms with E-state index >= 15 is 0 Å². The largest absolute Gasteiger partial charge is 0.380 e. The quantitative estimate of drug-likeness (QED) is 0.760. The molecule has 2 nitrogen and oxygen atoms in total. The van der Waals surface area contributed by atoms with Gasteiger partial charge >= 0.3 is 0 Å². The Morgan fingerprint density at radius 3 is 2.86 bits per heavy atom. The number of nitrogens with one attached hydrogen (secondary N) is 1. The Hall–Kier alpha value is 0.270. The van der Waals surface area contributed by atoms with Gasteiger partial charge in [0.15, 0.2) is 0 Å². The molecule has 0 amide bonds. The third kappa shape index (κ3) is 2.88. The maximum absolute atomic E-state index is 5.38. The van der Waals surface area contributed by atoms with Crippen molar-refractivity contribution in [2.45, 2.75) is 38.8 Å². The molecule has 0 aromatic heterocycles. The Morgan fingerprint density at radius 1 is 1.36 bits per heavy atom. The van der Waals surface area contributed by atoms with Crippen LogP contribution in [0.2, 0.25) is 0 Å². The van der Waals surface area contributed by atoms with Gasteiger partial charge in [-0.25, -0.2) is 0 Å². The molecule has 2 saturated heterocycles. The van der Waals surface area contributed by atoms with Gasteiger partial charge in [-0.05, 0) is 24.0 Å². The number of thioether (sulfide) groups is 1. The van der Waals surface area contributed by atoms with Crippen molar-refractivity contribution >= 4 is 11.8 Å². The van der Waals surface area contributed by atoms with Gasteiger partial charge in [0.25, 0.3) is 0 Å². The summed E-state index contributed by atoms with van der Waals surface area (Å²) in [5.74, 6) is 2.59. The molecule has 0 bridgehead atoms. The van der Waals surface area contributed by atoms with Crippen LogP contribution in [0.3, 0.4) is 0 Å². The molecule has 2 fully saturated rings. The molecular weight excluding hydrogens is 194 g/mol. The highest BCUT2D eigenvalue weighted by molar-refractivity contribution is 7.99. The highest BCUT2D eigenvalue weighted by Gasteiger charge is 2.30. The van der Waals surface area contributed by atoms with Gasteiger partial charge in [-0.2, -0.15) is 11.8 Å². The average Bonchev–Trinajstić information content (AvgIpc) is 2.54. The van der Waals surface area contributed by atoms with E-state index in [9.17, 15) is 0 Å². The fraction of sp³-hybridized carbons (Fsp3) is 1.00. The Morgan fingerprint density at radius 2 is 2.21 bits per heavy atom. The van der Waals surface area contributed by atoms with Gasteiger partial charge in [0, 0.05) is 24.4 Å². The zero-order valence-electron chi connectivity index (χ0n) is 9.21. The van der Waals surface area contributed by atoms with E-state index < -0.39 is 0 Å². The Bertz CT molecular complexity index is 190. The van der Waals surface area contributed by atoms with E-state index in [4.69, 9.17) is 4.74 Å². The van der Waals surface area contributed by atoms with E-state index in [1.807, 2.05) is 0 Å². The molecule has 2 aliphatic heterocycles. The molecule has 3 heteroatoms. The molecular formula is C11H21NOS. The second kappa shape index (κ2) is 4.42. The van der Waals surface area contributed by atoms with Crippen LogP contribution < -0.4 is 5.32 Å². The summed E-state index contributed by atoms with van der Waals surface area (Å²) in [5.41, 5.74) is 0.514. The van der Waals surface area contributed by atoms with Gasteiger partial charge in [-0.15, -0.1) is 0 Å². The van der Waals surface area contributed by atoms with Crippen molar-refractivity contribution in [3.05, 3.63) is 0 Å². The first-order valence-electron chi connectivity index (χ1n) is 5.57. The van der Waals surface area contributed by atoms with Crippen LogP contribution in [-0.2, 0) is 4.74 Å². The predicted molar refractivity (Wildman–Crippen MR) is 61.9 cm³/mol. The lowest BCUT2D eigenvalue weighted by Gasteiger charge is -2.36. The fourth-order valence-corrected chi connectivity index (χ4v) is 3.66. The molecule has 0 radical (unpaired) electrons. The Balaban J connectivity index is 1.79. The van der Waals surface area contributed by atoms with Gasteiger partial charge in [-0.3, -0.25) is 0 Å². The summed E-state index contributed by atoms with van der Waals surface area (Å²) in [7, 11) is 0. The predicted octanol–water partition coefficient (Wildman–Crippen LogP) is 1.90. The smallest absolute Gasteiger partial charge is 0.0620 e. The summed E-state index contributed by atoms with van der Waals surface area (Å²) >= 11 is 2.09. The molecule has 2 unspecified atom stereocenters. The molecule has 0 aromatic rings. The van der Waals surface area contributed by atoms with Crippen molar-refractivity contribution in [3.8, 4) is 0 Å². The highest BCUT2D eigenvalue weighted by Crippen LogP contribution is 2.33. The third-order valence-corrected chi connectivity index (χ3v) is 4.64. The van der Waals surface area contributed by atoms with E-state index in [0.29, 0.717) is 17.5 Å². The first-order chi connectivity index (χ1) is 6.66. The summed E-state index contributed by atoms with van der Waals surface area (Å²) in [6.07, 6.45) is 2.51. The lowest BCUT2D eigenvalue weighted by Crippen LogP contribution is -2.45. The number of ether oxygens (including phenoxy) is 1. The first-order valence-corrected chi connectivity index (χ1v) is 6.73. The molecule has 2 atom stereocenters. The van der Waals surface area contributed by atoms with Crippen LogP contribution in [0.1, 0.15) is 26.7 Å². The molecule has 14 heavy (non-hydrogen) atoms. The Kier molecular flexibility index (Phi) is 3.40. The maximum Gasteiger partial charge on any atom is 0.0620 e. The van der Waals surface area contributed by atoms with Crippen molar-refractivity contribution < 1.29 is 4.74 Å². The van der Waals surface area contributed by atoms with Gasteiger partial charge in [-0.1, -0.05) is 13.8 Å². The van der Waals surface area contributed by atoms with Crippen LogP contribution in [0.15, 0.2) is 0 Å². The molecule has 2 aliphatic rings. The normalized spacial score (nSPS) is 37.3. The summed E-state index contributed by atoms with van der Waals surface area (Å²) in [4.78, 5) is 0. The van der Waals surface area contributed by atoms with Crippen molar-refractivity contribution in [2.24, 2.45) is 5.41 Å². The van der Waals surface area contributed by atoms with Gasteiger partial charge in [0.2, 0.25) is 0 Å². The molecule has 2 heterocycles. The van der Waals surface area contributed by atoms with Crippen LogP contribution in [0.25, 0.3) is 0 Å². The maximum atomic E-state index is 5.38. The van der Waals surface area contributed by atoms with E-state index in [1.54, 1.807) is 0 Å². The van der Waals surface area contributed by atoms with Crippen molar-refractivity contribution in [1.29, 1.82) is 0 Å². The minimum absolute atomic E-state index is 0.514. The summed E-state index contributed by atoms with van der Waals surface area (Å²) in [5, 5.41) is 3.73. The third-order valence-electron chi connectivity index (χ3n) is 3.01. The van der Waals surface area contributed by atoms with E-state index in [2.05, 4.69) is 30.9 Å². The standard InChI is InChI=1S/C11H21NOS/c1-11(2)5-10(7-14-8-11)12-9-3-4-13-6-9/h9-10,12H,3-8H2,1-2H3. The van der Waals surface area contributed by atoms with Crippen molar-refractivity contribution in [1.82, 2.24) is 5.32 Å². The number of rotatable bonds is 2. The summed E-state index contributed by atoms with van der Waals surface area (Å²) in [6.45, 7) is 6.61. The van der Waals surface area contributed by atoms with Crippen LogP contribution >= 0.6 is 11.8 Å². The molecule has 0 saturated carbocycles. The molecule has 0 aromatic carbocycles. The van der Waals surface area contributed by atoms with Crippen LogP contribution in [0.4, 0.5) is 0 Å². The van der Waals surface area contributed by atoms with E-state index in [0.717, 1.165) is 13.2 Å². The summed E-state index contributed by atoms with van der Waals surface area (Å²) in [6, 6.07) is 1.32. The Labute approximate surface area is 91.2 Å². The monoisotopic (exact) mass is 215 g/mol. The van der Waals surface area contributed by atoms with Crippen LogP contribution in [0, 0.1) is 5.41 Å². The number of hydrogen-bond donors (Lipinski definition) is 1. The molecule has 82 valence electrons. The van der Waals surface area contributed by atoms with Crippen molar-refractivity contribution in [3.63, 3.8) is 0 Å². The highest BCUT2D eigenvalue weighted by atomic mass is 32.2. The van der Waals surface area contributed by atoms with Crippen molar-refractivity contribution in [2.75, 3.05) is 24.7 Å². The molecule has 0 spiro atoms. The van der Waals surface area contributed by atoms with E-state index in [1.165, 1.54) is 24.3 Å². The zero-order valence-corrected chi connectivity index (χ0v) is 10.0. The SMILES string of the molecule is CC1(C)CSCC(NC2CCOC2)C1. The minimum atomic E-state index is 0.514. The second-order valence-electron chi connectivity index (χ2n) is 5.31. The lowest BCUT2D eigenvalue weighted by molar-refractivity contribution is 0.185. The topological polar surface area (TPSA) is 21.3 Å². The zero-order chi connectivity index (χ0) is 10.0. The first kappa shape index (κ1) is 10.8. The van der Waals surface area contributed by atoms with Gasteiger partial charge < -0.3 is 10.1 Å². The van der Waals surface area contributed by atoms with E-state index in [-0.39, 0.29) is 0 Å². The van der Waals surface area contributed by atoms with Crippen LogP contribution in [0.5, 0.6) is 0 Å². The van der Waals surface area contributed by atoms with Gasteiger partial charge in [0.1, 0.15) is 0 Å². The fourth-order valence-electron chi connectivity index (χ4n) is 2.37. The van der Waals surface area contributed by atoms with Gasteiger partial charge in [0.05, 0.1) is 6.61 Å². The average molecular weight is 215 g/mol. The minimum Gasteiger partial charge on any atom is -0.380 e. The molecule has 0 aliphatic carbocycles. The van der Waals surface area contributed by atoms with Crippen LogP contribution in [-0.4, -0.2) is 36.8 Å². The summed E-state index contributed by atoms with van der Waals surface area (Å²) < 4.78 is 5.38. The lowest BCUT2D eigenvalue weighted by atomic mass is 9.87.